The van der Waals surface area contributed by atoms with Gasteiger partial charge in [0.15, 0.2) is 0 Å². The largest absolute Gasteiger partial charge is 0.279 e. The molecule has 8 aromatic carbocycles. The zero-order chi connectivity index (χ0) is 31.3. The Kier molecular flexibility index (Phi) is 5.11. The molecule has 11 rings (SSSR count). The van der Waals surface area contributed by atoms with Crippen LogP contribution in [0.25, 0.3) is 98.5 Å². The van der Waals surface area contributed by atoms with E-state index in [0.717, 1.165) is 38.9 Å². The lowest BCUT2D eigenvalue weighted by atomic mass is 9.92. The molecule has 0 unspecified atom stereocenters. The maximum absolute atomic E-state index is 5.40. The van der Waals surface area contributed by atoms with Gasteiger partial charge < -0.3 is 0 Å². The lowest BCUT2D eigenvalue weighted by Gasteiger charge is -2.14. The Balaban J connectivity index is 1.24. The van der Waals surface area contributed by atoms with E-state index in [-0.39, 0.29) is 0 Å². The van der Waals surface area contributed by atoms with Crippen molar-refractivity contribution in [3.8, 4) is 17.1 Å². The maximum atomic E-state index is 5.40. The molecule has 11 aromatic rings. The first kappa shape index (κ1) is 25.7. The van der Waals surface area contributed by atoms with Gasteiger partial charge in [-0.25, -0.2) is 4.98 Å². The highest BCUT2D eigenvalue weighted by Crippen LogP contribution is 2.40. The van der Waals surface area contributed by atoms with Crippen LogP contribution in [0.2, 0.25) is 0 Å². The molecule has 0 aliphatic rings. The zero-order valence-electron chi connectivity index (χ0n) is 25.9. The molecule has 0 aliphatic heterocycles. The van der Waals surface area contributed by atoms with Crippen LogP contribution in [0.4, 0.5) is 0 Å². The first-order valence-corrected chi connectivity index (χ1v) is 16.5. The summed E-state index contributed by atoms with van der Waals surface area (Å²) in [5, 5.41) is 12.5. The number of rotatable bonds is 2. The van der Waals surface area contributed by atoms with Crippen LogP contribution in [-0.4, -0.2) is 14.0 Å². The van der Waals surface area contributed by atoms with Crippen molar-refractivity contribution in [1.29, 1.82) is 0 Å². The quantitative estimate of drug-likeness (QED) is 0.179. The van der Waals surface area contributed by atoms with Crippen LogP contribution in [0.3, 0.4) is 0 Å². The second-order valence-corrected chi connectivity index (χ2v) is 12.8. The van der Waals surface area contributed by atoms with E-state index in [1.807, 2.05) is 0 Å². The van der Waals surface area contributed by atoms with Gasteiger partial charge in [-0.2, -0.15) is 0 Å². The molecular weight excluding hydrogens is 583 g/mol. The molecule has 0 fully saturated rings. The Hall–Kier alpha value is -6.45. The molecule has 0 N–H and O–H groups in total. The lowest BCUT2D eigenvalue weighted by Crippen LogP contribution is -2.06. The third-order valence-corrected chi connectivity index (χ3v) is 10.3. The minimum absolute atomic E-state index is 0.893. The Labute approximate surface area is 275 Å². The standard InChI is InChI=1S/C45H27N3/c1-9-19-41-30(11-1)27-44-38-17-6-8-18-40(38)46-45(47(41)44)48-42-20-10-7-16-36(42)37-24-22-29(26-43(37)48)28-21-23-35-33-14-3-2-12-31(33)32-13-4-5-15-34(32)39(35)25-28/h1-27H. The summed E-state index contributed by atoms with van der Waals surface area (Å²) < 4.78 is 4.70. The Morgan fingerprint density at radius 1 is 0.333 bits per heavy atom. The van der Waals surface area contributed by atoms with Gasteiger partial charge in [-0.3, -0.25) is 8.97 Å². The number of aromatic nitrogens is 3. The van der Waals surface area contributed by atoms with Gasteiger partial charge in [0.05, 0.1) is 27.6 Å². The molecule has 0 amide bonds. The summed E-state index contributed by atoms with van der Waals surface area (Å²) in [7, 11) is 0. The molecule has 0 saturated heterocycles. The minimum Gasteiger partial charge on any atom is -0.279 e. The van der Waals surface area contributed by atoms with Crippen molar-refractivity contribution in [2.24, 2.45) is 0 Å². The van der Waals surface area contributed by atoms with Gasteiger partial charge in [-0.05, 0) is 79.8 Å². The Bertz CT molecular complexity index is 3090. The van der Waals surface area contributed by atoms with Crippen LogP contribution in [-0.2, 0) is 0 Å². The predicted octanol–water partition coefficient (Wildman–Crippen LogP) is 11.9. The average Bonchev–Trinajstić information content (AvgIpc) is 3.71. The van der Waals surface area contributed by atoms with Gasteiger partial charge in [0, 0.05) is 21.5 Å². The van der Waals surface area contributed by atoms with Crippen LogP contribution in [0.1, 0.15) is 0 Å². The van der Waals surface area contributed by atoms with Gasteiger partial charge in [-0.15, -0.1) is 0 Å². The van der Waals surface area contributed by atoms with Crippen LogP contribution in [0.15, 0.2) is 164 Å². The fraction of sp³-hybridized carbons (Fsp3) is 0. The van der Waals surface area contributed by atoms with Crippen LogP contribution < -0.4 is 0 Å². The summed E-state index contributed by atoms with van der Waals surface area (Å²) in [6, 6.07) is 59.5. The molecule has 0 radical (unpaired) electrons. The molecular formula is C45H27N3. The third kappa shape index (κ3) is 3.45. The topological polar surface area (TPSA) is 22.2 Å². The monoisotopic (exact) mass is 609 g/mol. The summed E-state index contributed by atoms with van der Waals surface area (Å²) in [6.07, 6.45) is 0. The maximum Gasteiger partial charge on any atom is 0.220 e. The number of hydrogen-bond donors (Lipinski definition) is 0. The van der Waals surface area contributed by atoms with E-state index in [0.29, 0.717) is 0 Å². The first-order chi connectivity index (χ1) is 23.8. The smallest absolute Gasteiger partial charge is 0.220 e. The summed E-state index contributed by atoms with van der Waals surface area (Å²) in [4.78, 5) is 5.40. The fourth-order valence-corrected chi connectivity index (χ4v) is 8.12. The summed E-state index contributed by atoms with van der Waals surface area (Å²) >= 11 is 0. The molecule has 0 atom stereocenters. The van der Waals surface area contributed by atoms with E-state index in [9.17, 15) is 0 Å². The highest BCUT2D eigenvalue weighted by atomic mass is 15.2. The molecule has 3 heterocycles. The fourth-order valence-electron chi connectivity index (χ4n) is 8.12. The van der Waals surface area contributed by atoms with Crippen molar-refractivity contribution >= 4 is 81.4 Å². The van der Waals surface area contributed by atoms with Crippen molar-refractivity contribution in [1.82, 2.24) is 14.0 Å². The van der Waals surface area contributed by atoms with Crippen molar-refractivity contribution in [2.45, 2.75) is 0 Å². The van der Waals surface area contributed by atoms with Gasteiger partial charge in [0.25, 0.3) is 0 Å². The van der Waals surface area contributed by atoms with Gasteiger partial charge in [-0.1, -0.05) is 127 Å². The van der Waals surface area contributed by atoms with Crippen LogP contribution >= 0.6 is 0 Å². The molecule has 0 bridgehead atoms. The molecule has 222 valence electrons. The number of benzene rings is 8. The number of para-hydroxylation sites is 3. The van der Waals surface area contributed by atoms with Gasteiger partial charge >= 0.3 is 0 Å². The van der Waals surface area contributed by atoms with E-state index < -0.39 is 0 Å². The Morgan fingerprint density at radius 3 is 1.60 bits per heavy atom. The first-order valence-electron chi connectivity index (χ1n) is 16.5. The molecule has 48 heavy (non-hydrogen) atoms. The summed E-state index contributed by atoms with van der Waals surface area (Å²) in [5.41, 5.74) is 7.95. The molecule has 3 aromatic heterocycles. The number of hydrogen-bond acceptors (Lipinski definition) is 1. The summed E-state index contributed by atoms with van der Waals surface area (Å²) in [5.74, 6) is 0.893. The van der Waals surface area contributed by atoms with Crippen molar-refractivity contribution in [3.05, 3.63) is 164 Å². The van der Waals surface area contributed by atoms with Crippen molar-refractivity contribution < 1.29 is 0 Å². The molecule has 0 aliphatic carbocycles. The van der Waals surface area contributed by atoms with Crippen LogP contribution in [0.5, 0.6) is 0 Å². The molecule has 0 saturated carbocycles. The predicted molar refractivity (Wildman–Crippen MR) is 202 cm³/mol. The second kappa shape index (κ2) is 9.54. The summed E-state index contributed by atoms with van der Waals surface area (Å²) in [6.45, 7) is 0. The Morgan fingerprint density at radius 2 is 0.854 bits per heavy atom. The van der Waals surface area contributed by atoms with E-state index in [1.165, 1.54) is 59.6 Å². The number of nitrogens with zero attached hydrogens (tertiary/aromatic N) is 3. The van der Waals surface area contributed by atoms with Gasteiger partial charge in [0.2, 0.25) is 5.95 Å². The normalized spacial score (nSPS) is 12.2. The number of fused-ring (bicyclic) bond motifs is 14. The van der Waals surface area contributed by atoms with Crippen LogP contribution in [0, 0.1) is 0 Å². The van der Waals surface area contributed by atoms with E-state index >= 15 is 0 Å². The van der Waals surface area contributed by atoms with E-state index in [4.69, 9.17) is 4.98 Å². The molecule has 3 heteroatoms. The second-order valence-electron chi connectivity index (χ2n) is 12.8. The van der Waals surface area contributed by atoms with Gasteiger partial charge in [0.1, 0.15) is 0 Å². The zero-order valence-corrected chi connectivity index (χ0v) is 25.9. The highest BCUT2D eigenvalue weighted by molar-refractivity contribution is 6.25. The highest BCUT2D eigenvalue weighted by Gasteiger charge is 2.20. The SMILES string of the molecule is c1ccc2c(c1)cc1c3ccccc3nc(-n3c4ccccc4c4ccc(-c5ccc6c7ccccc7c7ccccc7c6c5)cc43)n21. The average molecular weight is 610 g/mol. The van der Waals surface area contributed by atoms with E-state index in [2.05, 4.69) is 173 Å². The third-order valence-electron chi connectivity index (χ3n) is 10.3. The minimum atomic E-state index is 0.893. The molecule has 0 spiro atoms. The van der Waals surface area contributed by atoms with Crippen molar-refractivity contribution in [3.63, 3.8) is 0 Å². The molecule has 3 nitrogen and oxygen atoms in total. The van der Waals surface area contributed by atoms with E-state index in [1.54, 1.807) is 0 Å². The lowest BCUT2D eigenvalue weighted by molar-refractivity contribution is 0.984. The van der Waals surface area contributed by atoms with Crippen molar-refractivity contribution in [2.75, 3.05) is 0 Å².